The van der Waals surface area contributed by atoms with Crippen LogP contribution in [0.25, 0.3) is 0 Å². The van der Waals surface area contributed by atoms with Gasteiger partial charge in [-0.15, -0.1) is 0 Å². The van der Waals surface area contributed by atoms with E-state index in [1.54, 1.807) is 24.3 Å². The van der Waals surface area contributed by atoms with Crippen molar-refractivity contribution in [1.29, 1.82) is 0 Å². The van der Waals surface area contributed by atoms with E-state index in [0.29, 0.717) is 17.9 Å². The summed E-state index contributed by atoms with van der Waals surface area (Å²) in [6.45, 7) is 2.51. The molecule has 4 aliphatic heterocycles. The average Bonchev–Trinajstić information content (AvgIpc) is 3.44. The second-order valence-electron chi connectivity index (χ2n) is 19.6. The Labute approximate surface area is 459 Å². The number of rotatable bonds is 30. The van der Waals surface area contributed by atoms with Gasteiger partial charge in [0.15, 0.2) is 25.2 Å². The molecule has 4 fully saturated rings. The van der Waals surface area contributed by atoms with Gasteiger partial charge in [0.2, 0.25) is 17.7 Å². The first-order valence-electron chi connectivity index (χ1n) is 26.4. The van der Waals surface area contributed by atoms with Crippen LogP contribution in [-0.4, -0.2) is 237 Å². The van der Waals surface area contributed by atoms with Crippen molar-refractivity contribution in [3.63, 3.8) is 0 Å². The zero-order valence-corrected chi connectivity index (χ0v) is 46.0. The van der Waals surface area contributed by atoms with Crippen molar-refractivity contribution in [2.75, 3.05) is 47.3 Å². The Morgan fingerprint density at radius 3 is 1.58 bits per heavy atom. The highest BCUT2D eigenvalue weighted by Gasteiger charge is 2.56. The van der Waals surface area contributed by atoms with Crippen LogP contribution in [0.5, 0.6) is 5.75 Å². The smallest absolute Gasteiger partial charge is 0.399 e. The molecule has 0 aliphatic carbocycles. The summed E-state index contributed by atoms with van der Waals surface area (Å²) in [4.78, 5) is 37.7. The van der Waals surface area contributed by atoms with E-state index in [2.05, 4.69) is 44.5 Å². The van der Waals surface area contributed by atoms with E-state index in [1.807, 2.05) is 0 Å². The molecule has 20 atom stereocenters. The highest BCUT2D eigenvalue weighted by atomic mass is 32.3. The molecule has 4 saturated heterocycles. The molecule has 1 aromatic rings. The normalized spacial score (nSPS) is 35.2. The highest BCUT2D eigenvalue weighted by molar-refractivity contribution is 7.81. The predicted octanol–water partition coefficient (Wildman–Crippen LogP) is -3.26. The van der Waals surface area contributed by atoms with Gasteiger partial charge < -0.3 is 105 Å². The third-order valence-corrected chi connectivity index (χ3v) is 14.5. The standard InChI is InChI=1S/C50H82N4O24S/c1-7-8-9-10-11-12-13-14-15-19-70-30-18-16-17-29(20-30)21-51-35-40(62)39(61)31(22-55)72-48(35)76-44-32(23-56)73-49(37(42(44)64)53-27(3)59)77-45-33(24-57)74-50(38(43(45)65)54-28(4)60)78-46-34(25-71-79(66,67)69-6)75-47(68-5)36(41(46)63)52-26(2)58/h12-13,16-18,20,31-51,55-57,61-65H,7-11,14-15,19,21-25H2,1-6H3,(H,52,58)(H,53,59)(H,54,60)/b13-12-. The van der Waals surface area contributed by atoms with Gasteiger partial charge in [-0.05, 0) is 43.4 Å². The van der Waals surface area contributed by atoms with Crippen molar-refractivity contribution in [3.8, 4) is 5.75 Å². The lowest BCUT2D eigenvalue weighted by molar-refractivity contribution is -0.362. The Hall–Kier alpha value is -3.64. The zero-order chi connectivity index (χ0) is 58.0. The molecule has 29 heteroatoms. The molecule has 79 heavy (non-hydrogen) atoms. The second-order valence-corrected chi connectivity index (χ2v) is 21.0. The molecule has 0 aromatic heterocycles. The number of allylic oxidation sites excluding steroid dienone is 2. The van der Waals surface area contributed by atoms with E-state index in [0.717, 1.165) is 47.1 Å². The van der Waals surface area contributed by atoms with E-state index in [4.69, 9.17) is 46.8 Å². The molecule has 20 unspecified atom stereocenters. The number of nitrogens with one attached hydrogen (secondary N) is 4. The summed E-state index contributed by atoms with van der Waals surface area (Å²) in [5.41, 5.74) is 0.702. The molecular weight excluding hydrogens is 1070 g/mol. The molecule has 0 bridgehead atoms. The Balaban J connectivity index is 1.34. The molecule has 5 rings (SSSR count). The van der Waals surface area contributed by atoms with Gasteiger partial charge in [-0.2, -0.15) is 8.42 Å². The van der Waals surface area contributed by atoms with Crippen LogP contribution in [0, 0.1) is 0 Å². The SMILES string of the molecule is CCCCCC/C=C\CCCOc1cccc(CNC2C(OC3C(CO)OC(OC4C(CO)OC(OC5C(COS(=O)(=O)OC)OC(OC)C(NC(C)=O)C5O)C(NC(C)=O)C4O)C(NC(C)=O)C3O)OC(CO)C(O)C2O)c1. The Bertz CT molecular complexity index is 2170. The van der Waals surface area contributed by atoms with Crippen LogP contribution in [0.4, 0.5) is 0 Å². The van der Waals surface area contributed by atoms with E-state index in [-0.39, 0.29) is 6.54 Å². The number of aliphatic hydroxyl groups excluding tert-OH is 8. The minimum absolute atomic E-state index is 0.0643. The van der Waals surface area contributed by atoms with Crippen molar-refractivity contribution < 1.29 is 115 Å². The minimum atomic E-state index is -4.61. The van der Waals surface area contributed by atoms with Gasteiger partial charge in [0.1, 0.15) is 97.1 Å². The maximum Gasteiger partial charge on any atom is 0.399 e. The van der Waals surface area contributed by atoms with Crippen molar-refractivity contribution in [1.82, 2.24) is 21.3 Å². The Morgan fingerprint density at radius 1 is 0.608 bits per heavy atom. The summed E-state index contributed by atoms with van der Waals surface area (Å²) in [5, 5.41) is 100. The third-order valence-electron chi connectivity index (χ3n) is 13.7. The summed E-state index contributed by atoms with van der Waals surface area (Å²) < 4.78 is 87.5. The summed E-state index contributed by atoms with van der Waals surface area (Å²) in [7, 11) is -2.61. The number of ether oxygens (including phenoxy) is 9. The van der Waals surface area contributed by atoms with Crippen LogP contribution in [0.1, 0.15) is 78.2 Å². The monoisotopic (exact) mass is 1150 g/mol. The van der Waals surface area contributed by atoms with Crippen LogP contribution in [0.2, 0.25) is 0 Å². The molecule has 12 N–H and O–H groups in total. The van der Waals surface area contributed by atoms with Crippen LogP contribution in [0.15, 0.2) is 36.4 Å². The molecule has 452 valence electrons. The quantitative estimate of drug-likeness (QED) is 0.0266. The van der Waals surface area contributed by atoms with E-state index in [9.17, 15) is 63.7 Å². The Morgan fingerprint density at radius 2 is 1.09 bits per heavy atom. The van der Waals surface area contributed by atoms with Crippen LogP contribution < -0.4 is 26.0 Å². The van der Waals surface area contributed by atoms with Gasteiger partial charge in [0.25, 0.3) is 0 Å². The molecule has 0 radical (unpaired) electrons. The van der Waals surface area contributed by atoms with Crippen molar-refractivity contribution in [2.45, 2.75) is 202 Å². The number of carbonyl (C=O) groups is 3. The molecule has 1 aromatic carbocycles. The van der Waals surface area contributed by atoms with Gasteiger partial charge in [-0.3, -0.25) is 18.6 Å². The highest BCUT2D eigenvalue weighted by Crippen LogP contribution is 2.35. The zero-order valence-electron chi connectivity index (χ0n) is 45.2. The maximum atomic E-state index is 12.8. The number of amides is 3. The van der Waals surface area contributed by atoms with Crippen molar-refractivity contribution in [3.05, 3.63) is 42.0 Å². The van der Waals surface area contributed by atoms with E-state index < -0.39 is 177 Å². The molecule has 0 spiro atoms. The molecule has 0 saturated carbocycles. The molecular formula is C50H82N4O24S. The second kappa shape index (κ2) is 32.3. The summed E-state index contributed by atoms with van der Waals surface area (Å²) >= 11 is 0. The molecule has 4 heterocycles. The van der Waals surface area contributed by atoms with Crippen LogP contribution in [-0.2, 0) is 77.6 Å². The van der Waals surface area contributed by atoms with Crippen molar-refractivity contribution >= 4 is 28.1 Å². The van der Waals surface area contributed by atoms with E-state index >= 15 is 0 Å². The fraction of sp³-hybridized carbons (Fsp3) is 0.780. The summed E-state index contributed by atoms with van der Waals surface area (Å²) in [6, 6.07) is 1.23. The van der Waals surface area contributed by atoms with Gasteiger partial charge in [0, 0.05) is 34.4 Å². The number of unbranched alkanes of at least 4 members (excludes halogenated alkanes) is 5. The summed E-state index contributed by atoms with van der Waals surface area (Å²) in [6.07, 6.45) is -14.9. The first-order valence-corrected chi connectivity index (χ1v) is 27.7. The molecule has 3 amide bonds. The first-order chi connectivity index (χ1) is 37.7. The number of methoxy groups -OCH3 is 1. The number of carbonyl (C=O) groups excluding carboxylic acids is 3. The number of hydrogen-bond acceptors (Lipinski definition) is 25. The van der Waals surface area contributed by atoms with Crippen molar-refractivity contribution in [2.24, 2.45) is 0 Å². The predicted molar refractivity (Wildman–Crippen MR) is 272 cm³/mol. The number of aliphatic hydroxyl groups is 8. The van der Waals surface area contributed by atoms with Gasteiger partial charge in [-0.1, -0.05) is 50.5 Å². The van der Waals surface area contributed by atoms with E-state index in [1.165, 1.54) is 32.8 Å². The van der Waals surface area contributed by atoms with Crippen LogP contribution >= 0.6 is 0 Å². The van der Waals surface area contributed by atoms with Gasteiger partial charge in [-0.25, -0.2) is 4.18 Å². The third kappa shape index (κ3) is 18.7. The maximum absolute atomic E-state index is 12.8. The largest absolute Gasteiger partial charge is 0.494 e. The van der Waals surface area contributed by atoms with Crippen LogP contribution in [0.3, 0.4) is 0 Å². The van der Waals surface area contributed by atoms with Gasteiger partial charge in [0.05, 0.1) is 46.2 Å². The lowest BCUT2D eigenvalue weighted by atomic mass is 9.93. The average molecular weight is 1160 g/mol. The first kappa shape index (κ1) is 66.2. The Kier molecular flexibility index (Phi) is 27.0. The fourth-order valence-corrected chi connectivity index (χ4v) is 10.1. The summed E-state index contributed by atoms with van der Waals surface area (Å²) in [5.74, 6) is -1.57. The lowest BCUT2D eigenvalue weighted by Crippen LogP contribution is -2.71. The molecule has 28 nitrogen and oxygen atoms in total. The minimum Gasteiger partial charge on any atom is -0.494 e. The van der Waals surface area contributed by atoms with Gasteiger partial charge >= 0.3 is 10.4 Å². The fourth-order valence-electron chi connectivity index (χ4n) is 9.67. The number of hydrogen-bond donors (Lipinski definition) is 12. The lowest BCUT2D eigenvalue weighted by Gasteiger charge is -2.51. The number of benzene rings is 1. The molecule has 4 aliphatic rings. The topological polar surface area (TPSA) is 397 Å².